The van der Waals surface area contributed by atoms with Crippen LogP contribution in [0.25, 0.3) is 0 Å². The van der Waals surface area contributed by atoms with E-state index in [0.717, 1.165) is 31.9 Å². The minimum Gasteiger partial charge on any atom is -0.368 e. The SMILES string of the molecule is Cn1ncc(N2C[C@H]3CNC[C@H]3C2)c(Cl)c1=O. The van der Waals surface area contributed by atoms with Crippen molar-refractivity contribution in [3.05, 3.63) is 21.6 Å². The van der Waals surface area contributed by atoms with Crippen molar-refractivity contribution in [1.29, 1.82) is 0 Å². The fourth-order valence-corrected chi connectivity index (χ4v) is 3.07. The Balaban J connectivity index is 1.91. The van der Waals surface area contributed by atoms with Crippen LogP contribution < -0.4 is 15.8 Å². The van der Waals surface area contributed by atoms with Gasteiger partial charge < -0.3 is 10.2 Å². The number of nitrogens with zero attached hydrogens (tertiary/aromatic N) is 3. The molecule has 92 valence electrons. The lowest BCUT2D eigenvalue weighted by Crippen LogP contribution is -2.29. The van der Waals surface area contributed by atoms with Gasteiger partial charge >= 0.3 is 0 Å². The number of anilines is 1. The summed E-state index contributed by atoms with van der Waals surface area (Å²) < 4.78 is 1.27. The maximum Gasteiger partial charge on any atom is 0.287 e. The molecule has 0 aliphatic carbocycles. The molecule has 0 radical (unpaired) electrons. The van der Waals surface area contributed by atoms with Gasteiger partial charge in [-0.3, -0.25) is 4.79 Å². The lowest BCUT2D eigenvalue weighted by molar-refractivity contribution is 0.533. The number of halogens is 1. The largest absolute Gasteiger partial charge is 0.368 e. The number of hydrogen-bond acceptors (Lipinski definition) is 4. The summed E-state index contributed by atoms with van der Waals surface area (Å²) in [5.74, 6) is 1.35. The Labute approximate surface area is 104 Å². The molecule has 3 heterocycles. The fraction of sp³-hybridized carbons (Fsp3) is 0.636. The Kier molecular flexibility index (Phi) is 2.60. The van der Waals surface area contributed by atoms with Crippen LogP contribution in [0.15, 0.2) is 11.0 Å². The molecule has 2 saturated heterocycles. The van der Waals surface area contributed by atoms with Crippen molar-refractivity contribution < 1.29 is 0 Å². The molecule has 0 aromatic carbocycles. The smallest absolute Gasteiger partial charge is 0.287 e. The van der Waals surface area contributed by atoms with E-state index in [1.807, 2.05) is 0 Å². The summed E-state index contributed by atoms with van der Waals surface area (Å²) in [6.45, 7) is 4.06. The lowest BCUT2D eigenvalue weighted by Gasteiger charge is -2.20. The lowest BCUT2D eigenvalue weighted by atomic mass is 10.0. The zero-order chi connectivity index (χ0) is 12.0. The number of rotatable bonds is 1. The quantitative estimate of drug-likeness (QED) is 0.772. The number of aromatic nitrogens is 2. The average molecular weight is 255 g/mol. The summed E-state index contributed by atoms with van der Waals surface area (Å²) in [7, 11) is 1.61. The zero-order valence-electron chi connectivity index (χ0n) is 9.69. The van der Waals surface area contributed by atoms with Crippen molar-refractivity contribution in [2.24, 2.45) is 18.9 Å². The first-order valence-electron chi connectivity index (χ1n) is 5.84. The monoisotopic (exact) mass is 254 g/mol. The second kappa shape index (κ2) is 3.99. The third-order valence-electron chi connectivity index (χ3n) is 3.79. The molecule has 1 aromatic rings. The van der Waals surface area contributed by atoms with Gasteiger partial charge in [-0.25, -0.2) is 4.68 Å². The van der Waals surface area contributed by atoms with E-state index < -0.39 is 0 Å². The highest BCUT2D eigenvalue weighted by molar-refractivity contribution is 6.33. The summed E-state index contributed by atoms with van der Waals surface area (Å²) >= 11 is 6.10. The van der Waals surface area contributed by atoms with Gasteiger partial charge in [0.05, 0.1) is 11.9 Å². The van der Waals surface area contributed by atoms with Crippen LogP contribution in [0.4, 0.5) is 5.69 Å². The number of aryl methyl sites for hydroxylation is 1. The minimum atomic E-state index is -0.223. The predicted molar refractivity (Wildman–Crippen MR) is 66.6 cm³/mol. The maximum atomic E-state index is 11.7. The van der Waals surface area contributed by atoms with Crippen LogP contribution >= 0.6 is 11.6 Å². The summed E-state index contributed by atoms with van der Waals surface area (Å²) in [5.41, 5.74) is 0.559. The molecule has 6 heteroatoms. The molecule has 2 fully saturated rings. The van der Waals surface area contributed by atoms with Crippen molar-refractivity contribution in [3.8, 4) is 0 Å². The van der Waals surface area contributed by atoms with Crippen molar-refractivity contribution in [2.75, 3.05) is 31.1 Å². The van der Waals surface area contributed by atoms with Crippen molar-refractivity contribution in [1.82, 2.24) is 15.1 Å². The maximum absolute atomic E-state index is 11.7. The number of nitrogens with one attached hydrogen (secondary N) is 1. The Morgan fingerprint density at radius 2 is 2.06 bits per heavy atom. The first kappa shape index (κ1) is 11.0. The first-order chi connectivity index (χ1) is 8.16. The number of hydrogen-bond donors (Lipinski definition) is 1. The molecule has 1 aromatic heterocycles. The van der Waals surface area contributed by atoms with E-state index in [4.69, 9.17) is 11.6 Å². The third kappa shape index (κ3) is 1.73. The molecule has 2 aliphatic heterocycles. The van der Waals surface area contributed by atoms with E-state index in [2.05, 4.69) is 15.3 Å². The van der Waals surface area contributed by atoms with Crippen molar-refractivity contribution >= 4 is 17.3 Å². The zero-order valence-corrected chi connectivity index (χ0v) is 10.4. The van der Waals surface area contributed by atoms with Gasteiger partial charge in [0.15, 0.2) is 0 Å². The van der Waals surface area contributed by atoms with Crippen LogP contribution in [0.3, 0.4) is 0 Å². The molecule has 0 amide bonds. The van der Waals surface area contributed by atoms with E-state index in [1.54, 1.807) is 13.2 Å². The summed E-state index contributed by atoms with van der Waals surface area (Å²) in [4.78, 5) is 13.9. The molecule has 1 N–H and O–H groups in total. The Hall–Kier alpha value is -1.07. The summed E-state index contributed by atoms with van der Waals surface area (Å²) in [6.07, 6.45) is 1.69. The normalized spacial score (nSPS) is 27.5. The van der Waals surface area contributed by atoms with E-state index in [-0.39, 0.29) is 10.6 Å². The molecule has 0 spiro atoms. The van der Waals surface area contributed by atoms with Gasteiger partial charge in [-0.15, -0.1) is 0 Å². The topological polar surface area (TPSA) is 50.2 Å². The average Bonchev–Trinajstić information content (AvgIpc) is 2.86. The second-order valence-corrected chi connectivity index (χ2v) is 5.23. The van der Waals surface area contributed by atoms with Gasteiger partial charge in [-0.1, -0.05) is 11.6 Å². The van der Waals surface area contributed by atoms with Crippen LogP contribution in [-0.4, -0.2) is 36.0 Å². The van der Waals surface area contributed by atoms with Crippen LogP contribution in [0, 0.1) is 11.8 Å². The minimum absolute atomic E-state index is 0.223. The third-order valence-corrected chi connectivity index (χ3v) is 4.15. The molecule has 0 bridgehead atoms. The fourth-order valence-electron chi connectivity index (χ4n) is 2.77. The van der Waals surface area contributed by atoms with E-state index in [9.17, 15) is 4.79 Å². The Bertz CT molecular complexity index is 489. The van der Waals surface area contributed by atoms with Gasteiger partial charge in [0.25, 0.3) is 5.56 Å². The van der Waals surface area contributed by atoms with Crippen LogP contribution in [-0.2, 0) is 7.05 Å². The van der Waals surface area contributed by atoms with Crippen molar-refractivity contribution in [2.45, 2.75) is 0 Å². The molecule has 3 rings (SSSR count). The molecule has 0 saturated carbocycles. The summed E-state index contributed by atoms with van der Waals surface area (Å²) in [5, 5.41) is 7.72. The van der Waals surface area contributed by atoms with Gasteiger partial charge in [0, 0.05) is 33.2 Å². The molecule has 2 atom stereocenters. The van der Waals surface area contributed by atoms with Gasteiger partial charge in [-0.05, 0) is 11.8 Å². The highest BCUT2D eigenvalue weighted by atomic mass is 35.5. The van der Waals surface area contributed by atoms with E-state index >= 15 is 0 Å². The second-order valence-electron chi connectivity index (χ2n) is 4.86. The Morgan fingerprint density at radius 1 is 1.41 bits per heavy atom. The van der Waals surface area contributed by atoms with Gasteiger partial charge in [0.2, 0.25) is 0 Å². The molecular weight excluding hydrogens is 240 g/mol. The molecule has 0 unspecified atom stereocenters. The predicted octanol–water partition coefficient (Wildman–Crippen LogP) is 0.0893. The molecule has 2 aliphatic rings. The van der Waals surface area contributed by atoms with E-state index in [1.165, 1.54) is 4.68 Å². The standard InChI is InChI=1S/C11H15ClN4O/c1-15-11(17)10(12)9(4-14-15)16-5-7-2-13-3-8(7)6-16/h4,7-8,13H,2-3,5-6H2,1H3/t7-,8+. The number of fused-ring (bicyclic) bond motifs is 1. The molecular formula is C11H15ClN4O. The van der Waals surface area contributed by atoms with Crippen LogP contribution in [0.5, 0.6) is 0 Å². The summed E-state index contributed by atoms with van der Waals surface area (Å²) in [6, 6.07) is 0. The van der Waals surface area contributed by atoms with Gasteiger partial charge in [-0.2, -0.15) is 5.10 Å². The Morgan fingerprint density at radius 3 is 2.71 bits per heavy atom. The first-order valence-corrected chi connectivity index (χ1v) is 6.22. The molecule has 5 nitrogen and oxygen atoms in total. The van der Waals surface area contributed by atoms with E-state index in [0.29, 0.717) is 11.8 Å². The molecule has 17 heavy (non-hydrogen) atoms. The van der Waals surface area contributed by atoms with Crippen molar-refractivity contribution in [3.63, 3.8) is 0 Å². The van der Waals surface area contributed by atoms with Gasteiger partial charge in [0.1, 0.15) is 5.02 Å². The highest BCUT2D eigenvalue weighted by Gasteiger charge is 2.37. The van der Waals surface area contributed by atoms with Crippen LogP contribution in [0.1, 0.15) is 0 Å². The van der Waals surface area contributed by atoms with Crippen LogP contribution in [0.2, 0.25) is 5.02 Å². The highest BCUT2D eigenvalue weighted by Crippen LogP contribution is 2.32.